The third kappa shape index (κ3) is 4.23. The summed E-state index contributed by atoms with van der Waals surface area (Å²) in [6.45, 7) is 2.68. The summed E-state index contributed by atoms with van der Waals surface area (Å²) >= 11 is 0. The van der Waals surface area contributed by atoms with Gasteiger partial charge in [-0.05, 0) is 63.2 Å². The molecule has 130 valence electrons. The first-order valence-corrected chi connectivity index (χ1v) is 9.13. The Labute approximate surface area is 145 Å². The van der Waals surface area contributed by atoms with Crippen LogP contribution >= 0.6 is 0 Å². The Morgan fingerprint density at radius 2 is 2.21 bits per heavy atom. The molecule has 1 aliphatic heterocycles. The van der Waals surface area contributed by atoms with Gasteiger partial charge in [-0.3, -0.25) is 9.78 Å². The summed E-state index contributed by atoms with van der Waals surface area (Å²) in [6.07, 6.45) is 10.5. The van der Waals surface area contributed by atoms with Crippen LogP contribution in [-0.4, -0.2) is 54.4 Å². The smallest absolute Gasteiger partial charge is 0.246 e. The number of nitrogens with zero attached hydrogens (tertiary/aromatic N) is 3. The minimum absolute atomic E-state index is 0.183. The van der Waals surface area contributed by atoms with Crippen molar-refractivity contribution in [1.29, 1.82) is 0 Å². The van der Waals surface area contributed by atoms with Crippen LogP contribution in [0.25, 0.3) is 0 Å². The van der Waals surface area contributed by atoms with Crippen molar-refractivity contribution in [2.45, 2.75) is 25.7 Å². The predicted octanol–water partition coefficient (Wildman–Crippen LogP) is 2.62. The van der Waals surface area contributed by atoms with Gasteiger partial charge in [0, 0.05) is 37.6 Å². The van der Waals surface area contributed by atoms with Gasteiger partial charge in [-0.2, -0.15) is 0 Å². The van der Waals surface area contributed by atoms with E-state index in [1.165, 1.54) is 25.0 Å². The lowest BCUT2D eigenvalue weighted by Crippen LogP contribution is -2.30. The van der Waals surface area contributed by atoms with Crippen LogP contribution in [0.5, 0.6) is 0 Å². The monoisotopic (exact) mass is 327 g/mol. The number of carbonyl (C=O) groups is 1. The molecule has 1 saturated heterocycles. The predicted molar refractivity (Wildman–Crippen MR) is 96.5 cm³/mol. The highest BCUT2D eigenvalue weighted by Gasteiger charge is 2.41. The molecular formula is C20H29N3O. The number of likely N-dealkylation sites (tertiary alicyclic amines) is 1. The molecule has 2 aliphatic rings. The molecule has 3 atom stereocenters. The third-order valence-corrected chi connectivity index (χ3v) is 5.49. The van der Waals surface area contributed by atoms with Gasteiger partial charge in [-0.25, -0.2) is 0 Å². The number of amides is 1. The average Bonchev–Trinajstić information content (AvgIpc) is 3.01. The van der Waals surface area contributed by atoms with Crippen LogP contribution in [0.4, 0.5) is 0 Å². The maximum Gasteiger partial charge on any atom is 0.246 e. The van der Waals surface area contributed by atoms with Crippen LogP contribution in [0, 0.1) is 17.8 Å². The van der Waals surface area contributed by atoms with E-state index in [0.717, 1.165) is 26.1 Å². The van der Waals surface area contributed by atoms with Crippen molar-refractivity contribution in [1.82, 2.24) is 14.8 Å². The van der Waals surface area contributed by atoms with Crippen molar-refractivity contribution < 1.29 is 4.79 Å². The Morgan fingerprint density at radius 1 is 1.33 bits per heavy atom. The van der Waals surface area contributed by atoms with Gasteiger partial charge in [-0.1, -0.05) is 18.6 Å². The molecule has 3 rings (SSSR count). The zero-order valence-electron chi connectivity index (χ0n) is 14.9. The van der Waals surface area contributed by atoms with Gasteiger partial charge < -0.3 is 9.80 Å². The van der Waals surface area contributed by atoms with Crippen molar-refractivity contribution in [2.75, 3.05) is 33.7 Å². The molecular weight excluding hydrogens is 298 g/mol. The molecule has 0 bridgehead atoms. The molecule has 1 amide bonds. The van der Waals surface area contributed by atoms with Crippen LogP contribution in [0.15, 0.2) is 36.5 Å². The number of rotatable bonds is 5. The molecule has 4 heteroatoms. The van der Waals surface area contributed by atoms with Gasteiger partial charge in [0.05, 0.1) is 0 Å². The molecule has 0 aromatic carbocycles. The van der Waals surface area contributed by atoms with Crippen molar-refractivity contribution in [3.05, 3.63) is 42.2 Å². The minimum atomic E-state index is 0.183. The van der Waals surface area contributed by atoms with Gasteiger partial charge in [0.15, 0.2) is 0 Å². The van der Waals surface area contributed by atoms with E-state index in [1.54, 1.807) is 6.08 Å². The summed E-state index contributed by atoms with van der Waals surface area (Å²) in [7, 11) is 4.03. The summed E-state index contributed by atoms with van der Waals surface area (Å²) < 4.78 is 0. The van der Waals surface area contributed by atoms with Crippen molar-refractivity contribution in [3.63, 3.8) is 0 Å². The van der Waals surface area contributed by atoms with Crippen LogP contribution in [0.1, 0.15) is 25.0 Å². The molecule has 0 spiro atoms. The number of pyridine rings is 1. The summed E-state index contributed by atoms with van der Waals surface area (Å²) in [6, 6.07) is 6.18. The molecule has 1 aromatic rings. The summed E-state index contributed by atoms with van der Waals surface area (Å²) in [5, 5.41) is 0. The Balaban J connectivity index is 1.60. The minimum Gasteiger partial charge on any atom is -0.339 e. The zero-order chi connectivity index (χ0) is 16.9. The van der Waals surface area contributed by atoms with Crippen LogP contribution in [-0.2, 0) is 11.2 Å². The SMILES string of the molecule is CN(C)C/C=C/C(=O)N1C[C@H]2CCC[C@H](Cc3ccccn3)[C@H]2C1. The Morgan fingerprint density at radius 3 is 2.96 bits per heavy atom. The molecule has 2 heterocycles. The molecule has 0 radical (unpaired) electrons. The highest BCUT2D eigenvalue weighted by atomic mass is 16.2. The van der Waals surface area contributed by atoms with E-state index in [9.17, 15) is 4.79 Å². The second-order valence-electron chi connectivity index (χ2n) is 7.55. The second kappa shape index (κ2) is 7.93. The van der Waals surface area contributed by atoms with Gasteiger partial charge in [0.2, 0.25) is 5.91 Å². The van der Waals surface area contributed by atoms with E-state index in [4.69, 9.17) is 0 Å². The fourth-order valence-electron chi connectivity index (χ4n) is 4.28. The van der Waals surface area contributed by atoms with E-state index in [2.05, 4.69) is 26.9 Å². The van der Waals surface area contributed by atoms with Crippen molar-refractivity contribution >= 4 is 5.91 Å². The summed E-state index contributed by atoms with van der Waals surface area (Å²) in [5.74, 6) is 2.18. The van der Waals surface area contributed by atoms with Gasteiger partial charge in [0.25, 0.3) is 0 Å². The normalized spacial score (nSPS) is 27.0. The molecule has 4 nitrogen and oxygen atoms in total. The van der Waals surface area contributed by atoms with E-state index < -0.39 is 0 Å². The first kappa shape index (κ1) is 17.2. The molecule has 2 fully saturated rings. The largest absolute Gasteiger partial charge is 0.339 e. The van der Waals surface area contributed by atoms with Crippen molar-refractivity contribution in [2.24, 2.45) is 17.8 Å². The highest BCUT2D eigenvalue weighted by molar-refractivity contribution is 5.87. The number of hydrogen-bond donors (Lipinski definition) is 0. The van der Waals surface area contributed by atoms with Gasteiger partial charge in [-0.15, -0.1) is 0 Å². The molecule has 0 N–H and O–H groups in total. The highest BCUT2D eigenvalue weighted by Crippen LogP contribution is 2.41. The molecule has 24 heavy (non-hydrogen) atoms. The third-order valence-electron chi connectivity index (χ3n) is 5.49. The molecule has 0 unspecified atom stereocenters. The Bertz CT molecular complexity index is 570. The summed E-state index contributed by atoms with van der Waals surface area (Å²) in [4.78, 5) is 21.1. The number of hydrogen-bond acceptors (Lipinski definition) is 3. The van der Waals surface area contributed by atoms with E-state index in [1.807, 2.05) is 32.4 Å². The van der Waals surface area contributed by atoms with Crippen molar-refractivity contribution in [3.8, 4) is 0 Å². The van der Waals surface area contributed by atoms with Gasteiger partial charge >= 0.3 is 0 Å². The lowest BCUT2D eigenvalue weighted by Gasteiger charge is -2.32. The Hall–Kier alpha value is -1.68. The quantitative estimate of drug-likeness (QED) is 0.780. The summed E-state index contributed by atoms with van der Waals surface area (Å²) in [5.41, 5.74) is 1.19. The number of carbonyl (C=O) groups excluding carboxylic acids is 1. The Kier molecular flexibility index (Phi) is 5.67. The van der Waals surface area contributed by atoms with E-state index in [0.29, 0.717) is 17.8 Å². The van der Waals surface area contributed by atoms with E-state index >= 15 is 0 Å². The zero-order valence-corrected chi connectivity index (χ0v) is 14.9. The maximum atomic E-state index is 12.4. The first-order valence-electron chi connectivity index (χ1n) is 9.13. The maximum absolute atomic E-state index is 12.4. The fourth-order valence-corrected chi connectivity index (χ4v) is 4.28. The number of aromatic nitrogens is 1. The lowest BCUT2D eigenvalue weighted by atomic mass is 9.72. The molecule has 1 aromatic heterocycles. The van der Waals surface area contributed by atoms with Crippen LogP contribution < -0.4 is 0 Å². The topological polar surface area (TPSA) is 36.4 Å². The van der Waals surface area contributed by atoms with Gasteiger partial charge in [0.1, 0.15) is 0 Å². The fraction of sp³-hybridized carbons (Fsp3) is 0.600. The average molecular weight is 327 g/mol. The second-order valence-corrected chi connectivity index (χ2v) is 7.55. The van der Waals surface area contributed by atoms with E-state index in [-0.39, 0.29) is 5.91 Å². The number of fused-ring (bicyclic) bond motifs is 1. The molecule has 1 saturated carbocycles. The first-order chi connectivity index (χ1) is 11.6. The lowest BCUT2D eigenvalue weighted by molar-refractivity contribution is -0.125. The standard InChI is InChI=1S/C20H29N3O/c1-22(2)12-6-10-20(24)23-14-17-8-5-7-16(19(17)15-23)13-18-9-3-4-11-21-18/h3-4,6,9-11,16-17,19H,5,7-8,12-15H2,1-2H3/b10-6+/t16-,17-,19-/m1/s1. The molecule has 1 aliphatic carbocycles. The van der Waals surface area contributed by atoms with Crippen LogP contribution in [0.3, 0.4) is 0 Å². The number of likely N-dealkylation sites (N-methyl/N-ethyl adjacent to an activating group) is 1. The van der Waals surface area contributed by atoms with Crippen LogP contribution in [0.2, 0.25) is 0 Å².